The molecule has 0 fully saturated rings. The van der Waals surface area contributed by atoms with Gasteiger partial charge in [-0.05, 0) is 18.4 Å². The number of Topliss-reactive ketones (excluding diaryl/α,β-unsaturated/α-hetero) is 1. The number of esters is 1. The first-order chi connectivity index (χ1) is 8.54. The molecule has 0 aliphatic heterocycles. The van der Waals surface area contributed by atoms with E-state index in [4.69, 9.17) is 0 Å². The van der Waals surface area contributed by atoms with Gasteiger partial charge in [0.2, 0.25) is 0 Å². The molecule has 2 rings (SSSR count). The van der Waals surface area contributed by atoms with Gasteiger partial charge < -0.3 is 4.74 Å². The third-order valence-corrected chi connectivity index (χ3v) is 3.38. The number of alkyl halides is 2. The summed E-state index contributed by atoms with van der Waals surface area (Å²) >= 11 is 0. The Bertz CT molecular complexity index is 499. The highest BCUT2D eigenvalue weighted by Gasteiger charge is 2.56. The number of hydrogen-bond acceptors (Lipinski definition) is 3. The molecule has 1 aliphatic carbocycles. The zero-order chi connectivity index (χ0) is 13.3. The average molecular weight is 254 g/mol. The highest BCUT2D eigenvalue weighted by Crippen LogP contribution is 2.41. The maximum Gasteiger partial charge on any atom is 0.325 e. The molecule has 3 nitrogen and oxygen atoms in total. The molecule has 0 aromatic heterocycles. The van der Waals surface area contributed by atoms with Crippen molar-refractivity contribution in [3.05, 3.63) is 35.4 Å². The first kappa shape index (κ1) is 12.7. The van der Waals surface area contributed by atoms with Gasteiger partial charge in [0, 0.05) is 5.56 Å². The third kappa shape index (κ3) is 1.62. The van der Waals surface area contributed by atoms with E-state index in [2.05, 4.69) is 4.74 Å². The van der Waals surface area contributed by atoms with Gasteiger partial charge in [0.25, 0.3) is 6.43 Å². The van der Waals surface area contributed by atoms with Crippen molar-refractivity contribution in [3.63, 3.8) is 0 Å². The second-order valence-electron chi connectivity index (χ2n) is 4.25. The molecule has 0 heterocycles. The van der Waals surface area contributed by atoms with E-state index in [1.165, 1.54) is 6.07 Å². The Morgan fingerprint density at radius 1 is 1.39 bits per heavy atom. The van der Waals surface area contributed by atoms with Crippen LogP contribution in [0.1, 0.15) is 22.3 Å². The highest BCUT2D eigenvalue weighted by atomic mass is 19.3. The van der Waals surface area contributed by atoms with Crippen LogP contribution in [0.2, 0.25) is 0 Å². The average Bonchev–Trinajstić information content (AvgIpc) is 2.38. The van der Waals surface area contributed by atoms with Crippen molar-refractivity contribution in [2.75, 3.05) is 7.11 Å². The lowest BCUT2D eigenvalue weighted by molar-refractivity contribution is -0.158. The topological polar surface area (TPSA) is 43.4 Å². The number of methoxy groups -OCH3 is 1. The standard InChI is InChI=1S/C13H12F2O3/c1-18-12(17)13(11(14)15)7-6-8-4-2-3-5-9(8)10(13)16/h2-5,11H,6-7H2,1H3. The smallest absolute Gasteiger partial charge is 0.325 e. The number of benzene rings is 1. The summed E-state index contributed by atoms with van der Waals surface area (Å²) in [5.41, 5.74) is -1.46. The van der Waals surface area contributed by atoms with Gasteiger partial charge >= 0.3 is 5.97 Å². The van der Waals surface area contributed by atoms with E-state index >= 15 is 0 Å². The minimum Gasteiger partial charge on any atom is -0.468 e. The van der Waals surface area contributed by atoms with Crippen LogP contribution in [0.15, 0.2) is 24.3 Å². The van der Waals surface area contributed by atoms with Crippen molar-refractivity contribution in [3.8, 4) is 0 Å². The van der Waals surface area contributed by atoms with Gasteiger partial charge in [0.15, 0.2) is 11.2 Å². The van der Waals surface area contributed by atoms with Crippen molar-refractivity contribution in [2.45, 2.75) is 19.3 Å². The summed E-state index contributed by atoms with van der Waals surface area (Å²) in [5, 5.41) is 0. The van der Waals surface area contributed by atoms with E-state index in [1.807, 2.05) is 0 Å². The van der Waals surface area contributed by atoms with Crippen LogP contribution in [0.4, 0.5) is 8.78 Å². The predicted molar refractivity (Wildman–Crippen MR) is 59.5 cm³/mol. The van der Waals surface area contributed by atoms with Gasteiger partial charge in [-0.3, -0.25) is 9.59 Å². The summed E-state index contributed by atoms with van der Waals surface area (Å²) in [6.45, 7) is 0. The van der Waals surface area contributed by atoms with Gasteiger partial charge in [-0.1, -0.05) is 24.3 Å². The van der Waals surface area contributed by atoms with E-state index in [1.54, 1.807) is 18.2 Å². The van der Waals surface area contributed by atoms with Gasteiger partial charge in [-0.15, -0.1) is 0 Å². The SMILES string of the molecule is COC(=O)C1(C(F)F)CCc2ccccc2C1=O. The maximum absolute atomic E-state index is 13.2. The Morgan fingerprint density at radius 3 is 2.67 bits per heavy atom. The molecule has 0 spiro atoms. The first-order valence-corrected chi connectivity index (χ1v) is 5.53. The molecule has 0 saturated carbocycles. The molecule has 1 unspecified atom stereocenters. The molecule has 96 valence electrons. The number of fused-ring (bicyclic) bond motifs is 1. The van der Waals surface area contributed by atoms with Crippen LogP contribution >= 0.6 is 0 Å². The fraction of sp³-hybridized carbons (Fsp3) is 0.385. The Morgan fingerprint density at radius 2 is 2.06 bits per heavy atom. The maximum atomic E-state index is 13.2. The van der Waals surface area contributed by atoms with E-state index in [9.17, 15) is 18.4 Å². The Kier molecular flexibility index (Phi) is 3.15. The first-order valence-electron chi connectivity index (χ1n) is 5.53. The Labute approximate surface area is 103 Å². The molecule has 0 amide bonds. The highest BCUT2D eigenvalue weighted by molar-refractivity contribution is 6.14. The summed E-state index contributed by atoms with van der Waals surface area (Å²) < 4.78 is 30.9. The third-order valence-electron chi connectivity index (χ3n) is 3.38. The fourth-order valence-corrected chi connectivity index (χ4v) is 2.32. The minimum atomic E-state index is -3.06. The van der Waals surface area contributed by atoms with Crippen LogP contribution in [0.25, 0.3) is 0 Å². The molecule has 1 aromatic rings. The Balaban J connectivity index is 2.54. The zero-order valence-corrected chi connectivity index (χ0v) is 9.78. The largest absolute Gasteiger partial charge is 0.468 e. The monoisotopic (exact) mass is 254 g/mol. The van der Waals surface area contributed by atoms with E-state index < -0.39 is 23.6 Å². The van der Waals surface area contributed by atoms with E-state index in [0.29, 0.717) is 5.56 Å². The number of halogens is 2. The quantitative estimate of drug-likeness (QED) is 0.600. The van der Waals surface area contributed by atoms with Crippen molar-refractivity contribution < 1.29 is 23.1 Å². The number of aryl methyl sites for hydroxylation is 1. The summed E-state index contributed by atoms with van der Waals surface area (Å²) in [7, 11) is 1.01. The molecule has 0 radical (unpaired) electrons. The van der Waals surface area contributed by atoms with E-state index in [0.717, 1.165) is 7.11 Å². The fourth-order valence-electron chi connectivity index (χ4n) is 2.32. The van der Waals surface area contributed by atoms with Gasteiger partial charge in [-0.25, -0.2) is 8.78 Å². The zero-order valence-electron chi connectivity index (χ0n) is 9.78. The normalized spacial score (nSPS) is 22.8. The summed E-state index contributed by atoms with van der Waals surface area (Å²) in [4.78, 5) is 23.8. The molecule has 0 bridgehead atoms. The molecule has 18 heavy (non-hydrogen) atoms. The van der Waals surface area contributed by atoms with Crippen molar-refractivity contribution in [1.29, 1.82) is 0 Å². The number of ether oxygens (including phenoxy) is 1. The summed E-state index contributed by atoms with van der Waals surface area (Å²) in [6.07, 6.45) is -3.01. The number of carbonyl (C=O) groups excluding carboxylic acids is 2. The second kappa shape index (κ2) is 4.48. The lowest BCUT2D eigenvalue weighted by Gasteiger charge is -2.33. The number of carbonyl (C=O) groups is 2. The molecule has 1 aliphatic rings. The van der Waals surface area contributed by atoms with Crippen LogP contribution < -0.4 is 0 Å². The van der Waals surface area contributed by atoms with Gasteiger partial charge in [0.1, 0.15) is 0 Å². The van der Waals surface area contributed by atoms with E-state index in [-0.39, 0.29) is 18.4 Å². The molecular formula is C13H12F2O3. The predicted octanol–water partition coefficient (Wildman–Crippen LogP) is 2.24. The molecule has 0 saturated heterocycles. The lowest BCUT2D eigenvalue weighted by Crippen LogP contribution is -2.49. The molecule has 1 atom stereocenters. The van der Waals surface area contributed by atoms with Crippen LogP contribution in [0.5, 0.6) is 0 Å². The van der Waals surface area contributed by atoms with Crippen LogP contribution in [0, 0.1) is 5.41 Å². The molecule has 0 N–H and O–H groups in total. The van der Waals surface area contributed by atoms with Crippen molar-refractivity contribution in [2.24, 2.45) is 5.41 Å². The molecule has 5 heteroatoms. The van der Waals surface area contributed by atoms with Gasteiger partial charge in [-0.2, -0.15) is 0 Å². The molecule has 1 aromatic carbocycles. The van der Waals surface area contributed by atoms with Crippen molar-refractivity contribution in [1.82, 2.24) is 0 Å². The van der Waals surface area contributed by atoms with Crippen LogP contribution in [-0.2, 0) is 16.0 Å². The number of ketones is 1. The number of rotatable bonds is 2. The Hall–Kier alpha value is -1.78. The summed E-state index contributed by atoms with van der Waals surface area (Å²) in [5.74, 6) is -2.00. The lowest BCUT2D eigenvalue weighted by atomic mass is 9.70. The minimum absolute atomic E-state index is 0.189. The van der Waals surface area contributed by atoms with Crippen LogP contribution in [-0.4, -0.2) is 25.3 Å². The van der Waals surface area contributed by atoms with Crippen molar-refractivity contribution >= 4 is 11.8 Å². The second-order valence-corrected chi connectivity index (χ2v) is 4.25. The van der Waals surface area contributed by atoms with Crippen LogP contribution in [0.3, 0.4) is 0 Å². The number of hydrogen-bond donors (Lipinski definition) is 0. The summed E-state index contributed by atoms with van der Waals surface area (Å²) in [6, 6.07) is 6.51. The molecular weight excluding hydrogens is 242 g/mol. The van der Waals surface area contributed by atoms with Gasteiger partial charge in [0.05, 0.1) is 7.11 Å².